The predicted octanol–water partition coefficient (Wildman–Crippen LogP) is 6.18. The monoisotopic (exact) mass is 513 g/mol. The van der Waals surface area contributed by atoms with Gasteiger partial charge < -0.3 is 20.1 Å². The normalized spacial score (nSPS) is 12.8. The molecule has 2 rings (SSSR count). The number of alkyl carbamates (subject to hydrolysis) is 1. The van der Waals surface area contributed by atoms with E-state index < -0.39 is 53.6 Å². The van der Waals surface area contributed by atoms with Crippen molar-refractivity contribution in [3.63, 3.8) is 0 Å². The Balaban J connectivity index is 2.36. The Bertz CT molecular complexity index is 1080. The summed E-state index contributed by atoms with van der Waals surface area (Å²) in [5, 5.41) is 5.01. The lowest BCUT2D eigenvalue weighted by Crippen LogP contribution is -2.43. The molecule has 11 heteroatoms. The van der Waals surface area contributed by atoms with Crippen LogP contribution in [0, 0.1) is 11.7 Å². The number of ether oxygens (including phenoxy) is 2. The van der Waals surface area contributed by atoms with E-state index in [1.54, 1.807) is 20.8 Å². The number of halogens is 4. The van der Waals surface area contributed by atoms with Gasteiger partial charge in [0.15, 0.2) is 11.6 Å². The Morgan fingerprint density at radius 3 is 2.31 bits per heavy atom. The first kappa shape index (κ1) is 28.9. The Labute approximate surface area is 207 Å². The van der Waals surface area contributed by atoms with Crippen LogP contribution >= 0.6 is 0 Å². The van der Waals surface area contributed by atoms with Gasteiger partial charge in [0, 0.05) is 13.1 Å². The zero-order chi connectivity index (χ0) is 27.3. The molecule has 0 aliphatic carbocycles. The number of amides is 2. The predicted molar refractivity (Wildman–Crippen MR) is 127 cm³/mol. The van der Waals surface area contributed by atoms with E-state index in [-0.39, 0.29) is 22.9 Å². The molecule has 0 saturated heterocycles. The van der Waals surface area contributed by atoms with E-state index in [0.717, 1.165) is 12.1 Å². The van der Waals surface area contributed by atoms with E-state index in [4.69, 9.17) is 9.47 Å². The Hall–Kier alpha value is -3.37. The zero-order valence-corrected chi connectivity index (χ0v) is 21.0. The molecule has 1 aromatic carbocycles. The fourth-order valence-electron chi connectivity index (χ4n) is 3.37. The Kier molecular flexibility index (Phi) is 9.28. The van der Waals surface area contributed by atoms with E-state index in [0.29, 0.717) is 6.42 Å². The minimum Gasteiger partial charge on any atom is -0.488 e. The quantitative estimate of drug-likeness (QED) is 0.411. The Morgan fingerprint density at radius 2 is 1.75 bits per heavy atom. The molecule has 1 unspecified atom stereocenters. The van der Waals surface area contributed by atoms with Gasteiger partial charge in [0.1, 0.15) is 23.6 Å². The molecule has 0 bridgehead atoms. The summed E-state index contributed by atoms with van der Waals surface area (Å²) in [5.41, 5.74) is -1.94. The highest BCUT2D eigenvalue weighted by Crippen LogP contribution is 2.41. The van der Waals surface area contributed by atoms with Crippen LogP contribution in [-0.4, -0.2) is 35.2 Å². The standard InChI is InChI=1S/C25H31F4N3O4/c1-14(2)9-18(32-23(34)36-24(4,5)6)13-35-22-19(25(27,28)29)10-17(11-20(22)26)16-7-8-30-21(12-16)31-15(3)33/h7-8,10-12,14,18H,9,13H2,1-6H3,(H,32,34)(H,30,31,33). The molecule has 1 heterocycles. The van der Waals surface area contributed by atoms with Crippen LogP contribution in [0.15, 0.2) is 30.5 Å². The summed E-state index contributed by atoms with van der Waals surface area (Å²) in [4.78, 5) is 27.4. The van der Waals surface area contributed by atoms with Crippen molar-refractivity contribution in [3.05, 3.63) is 41.8 Å². The third-order valence-electron chi connectivity index (χ3n) is 4.65. The fourth-order valence-corrected chi connectivity index (χ4v) is 3.37. The van der Waals surface area contributed by atoms with Crippen LogP contribution in [0.3, 0.4) is 0 Å². The molecular formula is C25H31F4N3O4. The molecule has 36 heavy (non-hydrogen) atoms. The molecule has 198 valence electrons. The van der Waals surface area contributed by atoms with Crippen LogP contribution in [0.4, 0.5) is 28.2 Å². The van der Waals surface area contributed by atoms with Crippen LogP contribution in [0.5, 0.6) is 5.75 Å². The summed E-state index contributed by atoms with van der Waals surface area (Å²) in [6.07, 6.45) is -4.03. The third-order valence-corrected chi connectivity index (χ3v) is 4.65. The molecule has 0 aliphatic rings. The Morgan fingerprint density at radius 1 is 1.08 bits per heavy atom. The van der Waals surface area contributed by atoms with Gasteiger partial charge in [-0.1, -0.05) is 13.8 Å². The van der Waals surface area contributed by atoms with E-state index in [1.165, 1.54) is 25.3 Å². The second-order valence-electron chi connectivity index (χ2n) is 9.73. The maximum absolute atomic E-state index is 15.0. The van der Waals surface area contributed by atoms with Crippen molar-refractivity contribution in [1.82, 2.24) is 10.3 Å². The van der Waals surface area contributed by atoms with Crippen molar-refractivity contribution >= 4 is 17.8 Å². The topological polar surface area (TPSA) is 89.6 Å². The van der Waals surface area contributed by atoms with Gasteiger partial charge in [-0.05, 0) is 68.5 Å². The lowest BCUT2D eigenvalue weighted by Gasteiger charge is -2.25. The summed E-state index contributed by atoms with van der Waals surface area (Å²) in [5.74, 6) is -2.44. The summed E-state index contributed by atoms with van der Waals surface area (Å²) < 4.78 is 67.2. The third kappa shape index (κ3) is 9.01. The van der Waals surface area contributed by atoms with Crippen molar-refractivity contribution in [2.45, 2.75) is 65.8 Å². The highest BCUT2D eigenvalue weighted by molar-refractivity contribution is 5.88. The first-order chi connectivity index (χ1) is 16.5. The summed E-state index contributed by atoms with van der Waals surface area (Å²) >= 11 is 0. The van der Waals surface area contributed by atoms with Crippen molar-refractivity contribution < 1.29 is 36.6 Å². The van der Waals surface area contributed by atoms with Gasteiger partial charge in [-0.25, -0.2) is 14.2 Å². The van der Waals surface area contributed by atoms with E-state index in [2.05, 4.69) is 15.6 Å². The first-order valence-electron chi connectivity index (χ1n) is 11.3. The molecule has 0 spiro atoms. The number of anilines is 1. The molecule has 0 radical (unpaired) electrons. The maximum atomic E-state index is 15.0. The highest BCUT2D eigenvalue weighted by Gasteiger charge is 2.37. The van der Waals surface area contributed by atoms with Crippen LogP contribution < -0.4 is 15.4 Å². The van der Waals surface area contributed by atoms with Crippen LogP contribution in [0.25, 0.3) is 11.1 Å². The average molecular weight is 514 g/mol. The number of benzene rings is 1. The van der Waals surface area contributed by atoms with E-state index in [1.807, 2.05) is 13.8 Å². The number of hydrogen-bond donors (Lipinski definition) is 2. The number of carbonyl (C=O) groups is 2. The van der Waals surface area contributed by atoms with Crippen molar-refractivity contribution in [2.75, 3.05) is 11.9 Å². The highest BCUT2D eigenvalue weighted by atomic mass is 19.4. The largest absolute Gasteiger partial charge is 0.488 e. The second-order valence-corrected chi connectivity index (χ2v) is 9.73. The lowest BCUT2D eigenvalue weighted by atomic mass is 10.0. The van der Waals surface area contributed by atoms with Gasteiger partial charge in [0.05, 0.1) is 6.04 Å². The van der Waals surface area contributed by atoms with Crippen molar-refractivity contribution in [2.24, 2.45) is 5.92 Å². The molecule has 2 aromatic rings. The van der Waals surface area contributed by atoms with Crippen LogP contribution in [0.1, 0.15) is 53.5 Å². The average Bonchev–Trinajstić information content (AvgIpc) is 2.69. The van der Waals surface area contributed by atoms with Crippen LogP contribution in [-0.2, 0) is 15.7 Å². The molecule has 1 aromatic heterocycles. The van der Waals surface area contributed by atoms with Gasteiger partial charge in [0.2, 0.25) is 5.91 Å². The van der Waals surface area contributed by atoms with E-state index in [9.17, 15) is 22.8 Å². The van der Waals surface area contributed by atoms with Gasteiger partial charge in [-0.15, -0.1) is 0 Å². The van der Waals surface area contributed by atoms with Gasteiger partial charge in [0.25, 0.3) is 0 Å². The SMILES string of the molecule is CC(=O)Nc1cc(-c2cc(F)c(OCC(CC(C)C)NC(=O)OC(C)(C)C)c(C(F)(F)F)c2)ccn1. The summed E-state index contributed by atoms with van der Waals surface area (Å²) in [7, 11) is 0. The number of aromatic nitrogens is 1. The lowest BCUT2D eigenvalue weighted by molar-refractivity contribution is -0.139. The minimum atomic E-state index is -4.92. The molecule has 2 N–H and O–H groups in total. The number of alkyl halides is 3. The van der Waals surface area contributed by atoms with Crippen molar-refractivity contribution in [1.29, 1.82) is 0 Å². The molecule has 7 nitrogen and oxygen atoms in total. The molecular weight excluding hydrogens is 482 g/mol. The minimum absolute atomic E-state index is 0.0624. The molecule has 2 amide bonds. The van der Waals surface area contributed by atoms with Crippen LogP contribution in [0.2, 0.25) is 0 Å². The number of pyridine rings is 1. The van der Waals surface area contributed by atoms with Gasteiger partial charge >= 0.3 is 12.3 Å². The number of nitrogens with zero attached hydrogens (tertiary/aromatic N) is 1. The summed E-state index contributed by atoms with van der Waals surface area (Å²) in [6, 6.07) is 3.69. The zero-order valence-electron chi connectivity index (χ0n) is 21.0. The number of carbonyl (C=O) groups excluding carboxylic acids is 2. The number of hydrogen-bond acceptors (Lipinski definition) is 5. The number of nitrogens with one attached hydrogen (secondary N) is 2. The molecule has 1 atom stereocenters. The summed E-state index contributed by atoms with van der Waals surface area (Å²) in [6.45, 7) is 9.61. The first-order valence-corrected chi connectivity index (χ1v) is 11.3. The molecule has 0 aliphatic heterocycles. The fraction of sp³-hybridized carbons (Fsp3) is 0.480. The molecule has 0 saturated carbocycles. The maximum Gasteiger partial charge on any atom is 0.420 e. The van der Waals surface area contributed by atoms with Crippen molar-refractivity contribution in [3.8, 4) is 16.9 Å². The van der Waals surface area contributed by atoms with Gasteiger partial charge in [-0.3, -0.25) is 4.79 Å². The van der Waals surface area contributed by atoms with Gasteiger partial charge in [-0.2, -0.15) is 13.2 Å². The van der Waals surface area contributed by atoms with E-state index >= 15 is 4.39 Å². The number of rotatable bonds is 8. The smallest absolute Gasteiger partial charge is 0.420 e. The second kappa shape index (κ2) is 11.6. The molecule has 0 fully saturated rings.